The highest BCUT2D eigenvalue weighted by Crippen LogP contribution is 2.61. The summed E-state index contributed by atoms with van der Waals surface area (Å²) in [5.41, 5.74) is 1.07. The number of carbonyl (C=O) groups is 1. The summed E-state index contributed by atoms with van der Waals surface area (Å²) < 4.78 is 12.4. The number of hydrogen-bond donors (Lipinski definition) is 1. The summed E-state index contributed by atoms with van der Waals surface area (Å²) in [5, 5.41) is 4.23. The van der Waals surface area contributed by atoms with Gasteiger partial charge in [0.25, 0.3) is 0 Å². The number of rotatable bonds is 2. The second kappa shape index (κ2) is 8.64. The minimum absolute atomic E-state index is 0.00160. The van der Waals surface area contributed by atoms with Crippen LogP contribution in [0.5, 0.6) is 11.5 Å². The molecule has 1 aliphatic carbocycles. The number of halogens is 5. The number of ether oxygens (including phenoxy) is 2. The molecule has 0 aromatic heterocycles. The molecule has 0 saturated heterocycles. The third-order valence-electron chi connectivity index (χ3n) is 6.95. The van der Waals surface area contributed by atoms with E-state index >= 15 is 0 Å². The molecule has 3 aromatic carbocycles. The van der Waals surface area contributed by atoms with E-state index in [1.54, 1.807) is 18.2 Å². The predicted molar refractivity (Wildman–Crippen MR) is 140 cm³/mol. The van der Waals surface area contributed by atoms with E-state index in [0.29, 0.717) is 39.3 Å². The minimum Gasteiger partial charge on any atom is -0.456 e. The molecule has 1 unspecified atom stereocenters. The zero-order valence-corrected chi connectivity index (χ0v) is 22.0. The number of esters is 1. The molecule has 180 valence electrons. The third-order valence-corrected chi connectivity index (χ3v) is 8.99. The molecule has 1 atom stereocenters. The van der Waals surface area contributed by atoms with Crippen molar-refractivity contribution in [1.29, 1.82) is 0 Å². The molecule has 35 heavy (non-hydrogen) atoms. The van der Waals surface area contributed by atoms with Crippen LogP contribution in [-0.4, -0.2) is 12.0 Å². The fourth-order valence-corrected chi connectivity index (χ4v) is 6.60. The van der Waals surface area contributed by atoms with Gasteiger partial charge in [-0.15, -0.1) is 0 Å². The lowest BCUT2D eigenvalue weighted by Crippen LogP contribution is -2.33. The topological polar surface area (TPSA) is 47.6 Å². The molecule has 3 aliphatic rings. The van der Waals surface area contributed by atoms with Crippen molar-refractivity contribution in [3.05, 3.63) is 83.8 Å². The zero-order chi connectivity index (χ0) is 24.5. The van der Waals surface area contributed by atoms with Crippen molar-refractivity contribution in [2.75, 3.05) is 5.32 Å². The first-order valence-corrected chi connectivity index (χ1v) is 13.2. The van der Waals surface area contributed by atoms with Gasteiger partial charge < -0.3 is 14.8 Å². The Morgan fingerprint density at radius 2 is 1.46 bits per heavy atom. The molecule has 0 amide bonds. The molecule has 4 nitrogen and oxygen atoms in total. The Bertz CT molecular complexity index is 1400. The summed E-state index contributed by atoms with van der Waals surface area (Å²) in [6.07, 6.45) is 5.94. The molecule has 2 aliphatic heterocycles. The van der Waals surface area contributed by atoms with Crippen molar-refractivity contribution in [2.45, 2.75) is 43.7 Å². The van der Waals surface area contributed by atoms with Gasteiger partial charge in [0.15, 0.2) is 5.60 Å². The van der Waals surface area contributed by atoms with Crippen LogP contribution in [0.4, 0.5) is 5.69 Å². The summed E-state index contributed by atoms with van der Waals surface area (Å²) >= 11 is 32.3. The van der Waals surface area contributed by atoms with E-state index in [4.69, 9.17) is 67.5 Å². The molecule has 3 aromatic rings. The lowest BCUT2D eigenvalue weighted by Gasteiger charge is -2.37. The molecule has 1 spiro atoms. The molecule has 6 rings (SSSR count). The van der Waals surface area contributed by atoms with Crippen molar-refractivity contribution in [1.82, 2.24) is 0 Å². The van der Waals surface area contributed by atoms with Gasteiger partial charge in [0.2, 0.25) is 0 Å². The van der Waals surface area contributed by atoms with Crippen molar-refractivity contribution < 1.29 is 14.3 Å². The van der Waals surface area contributed by atoms with Gasteiger partial charge in [-0.1, -0.05) is 77.3 Å². The molecular weight excluding hydrogens is 552 g/mol. The molecule has 1 N–H and O–H groups in total. The monoisotopic (exact) mass is 567 g/mol. The van der Waals surface area contributed by atoms with E-state index in [1.807, 2.05) is 18.2 Å². The summed E-state index contributed by atoms with van der Waals surface area (Å²) in [6.45, 7) is 0. The fourth-order valence-electron chi connectivity index (χ4n) is 5.38. The standard InChI is InChI=1S/C26H18Cl5NO3/c27-12-6-8-15-17(10-12)34-18-11-14(32-13-4-2-1-3-5-13)7-9-16(18)26(15)20-19(25(33)35-26)21(28)23(30)24(31)22(20)29/h6-11,13,32H,1-5H2. The summed E-state index contributed by atoms with van der Waals surface area (Å²) in [7, 11) is 0. The third kappa shape index (κ3) is 3.53. The van der Waals surface area contributed by atoms with Crippen molar-refractivity contribution in [3.8, 4) is 11.5 Å². The molecule has 1 fully saturated rings. The van der Waals surface area contributed by atoms with E-state index in [9.17, 15) is 4.79 Å². The Morgan fingerprint density at radius 1 is 0.800 bits per heavy atom. The van der Waals surface area contributed by atoms with Gasteiger partial charge in [0, 0.05) is 39.5 Å². The van der Waals surface area contributed by atoms with Crippen LogP contribution in [0.2, 0.25) is 25.1 Å². The number of anilines is 1. The maximum atomic E-state index is 13.2. The second-order valence-electron chi connectivity index (χ2n) is 9.01. The molecule has 9 heteroatoms. The summed E-state index contributed by atoms with van der Waals surface area (Å²) in [5.74, 6) is 0.307. The van der Waals surface area contributed by atoms with E-state index in [-0.39, 0.29) is 25.7 Å². The van der Waals surface area contributed by atoms with Crippen LogP contribution >= 0.6 is 58.0 Å². The number of hydrogen-bond acceptors (Lipinski definition) is 4. The average molecular weight is 570 g/mol. The van der Waals surface area contributed by atoms with Crippen LogP contribution in [0.1, 0.15) is 59.2 Å². The molecule has 2 heterocycles. The van der Waals surface area contributed by atoms with E-state index < -0.39 is 11.6 Å². The lowest BCUT2D eigenvalue weighted by molar-refractivity contribution is 0.0225. The number of carbonyl (C=O) groups excluding carboxylic acids is 1. The summed E-state index contributed by atoms with van der Waals surface area (Å²) in [6, 6.07) is 11.3. The number of benzene rings is 3. The van der Waals surface area contributed by atoms with Crippen molar-refractivity contribution in [2.24, 2.45) is 0 Å². The Hall–Kier alpha value is -1.82. The average Bonchev–Trinajstić information content (AvgIpc) is 3.15. The van der Waals surface area contributed by atoms with Gasteiger partial charge in [-0.05, 0) is 43.2 Å². The van der Waals surface area contributed by atoms with Crippen LogP contribution < -0.4 is 10.1 Å². The van der Waals surface area contributed by atoms with E-state index in [2.05, 4.69) is 5.32 Å². The van der Waals surface area contributed by atoms with Crippen LogP contribution in [-0.2, 0) is 10.3 Å². The highest BCUT2D eigenvalue weighted by atomic mass is 35.5. The quantitative estimate of drug-likeness (QED) is 0.190. The Labute approximate surface area is 227 Å². The SMILES string of the molecule is O=C1OC2(c3ccc(Cl)cc3Oc3cc(NC4CCCCC4)ccc32)c2c(Cl)c(Cl)c(Cl)c(Cl)c21. The largest absolute Gasteiger partial charge is 0.456 e. The van der Waals surface area contributed by atoms with Crippen LogP contribution in [0.3, 0.4) is 0 Å². The smallest absolute Gasteiger partial charge is 0.341 e. The zero-order valence-electron chi connectivity index (χ0n) is 18.2. The maximum absolute atomic E-state index is 13.2. The molecule has 0 bridgehead atoms. The lowest BCUT2D eigenvalue weighted by atomic mass is 9.77. The van der Waals surface area contributed by atoms with Gasteiger partial charge in [0.1, 0.15) is 11.5 Å². The maximum Gasteiger partial charge on any atom is 0.341 e. The predicted octanol–water partition coefficient (Wildman–Crippen LogP) is 9.27. The first kappa shape index (κ1) is 23.6. The second-order valence-corrected chi connectivity index (χ2v) is 11.0. The normalized spacial score (nSPS) is 20.7. The van der Waals surface area contributed by atoms with Gasteiger partial charge in [0.05, 0.1) is 25.7 Å². The fraction of sp³-hybridized carbons (Fsp3) is 0.269. The first-order valence-electron chi connectivity index (χ1n) is 11.3. The summed E-state index contributed by atoms with van der Waals surface area (Å²) in [4.78, 5) is 13.2. The Morgan fingerprint density at radius 3 is 2.20 bits per heavy atom. The van der Waals surface area contributed by atoms with Crippen LogP contribution in [0, 0.1) is 0 Å². The van der Waals surface area contributed by atoms with Crippen molar-refractivity contribution >= 4 is 69.7 Å². The highest BCUT2D eigenvalue weighted by molar-refractivity contribution is 6.53. The van der Waals surface area contributed by atoms with E-state index in [1.165, 1.54) is 19.3 Å². The Kier molecular flexibility index (Phi) is 5.82. The molecule has 0 radical (unpaired) electrons. The number of nitrogens with one attached hydrogen (secondary N) is 1. The van der Waals surface area contributed by atoms with Crippen LogP contribution in [0.25, 0.3) is 0 Å². The molecule has 1 saturated carbocycles. The van der Waals surface area contributed by atoms with E-state index in [0.717, 1.165) is 18.5 Å². The number of fused-ring (bicyclic) bond motifs is 6. The molecular formula is C26H18Cl5NO3. The minimum atomic E-state index is -1.43. The van der Waals surface area contributed by atoms with Gasteiger partial charge in [-0.3, -0.25) is 0 Å². The Balaban J connectivity index is 1.59. The van der Waals surface area contributed by atoms with Gasteiger partial charge in [-0.25, -0.2) is 4.79 Å². The van der Waals surface area contributed by atoms with Gasteiger partial charge >= 0.3 is 5.97 Å². The highest BCUT2D eigenvalue weighted by Gasteiger charge is 2.56. The van der Waals surface area contributed by atoms with Gasteiger partial charge in [-0.2, -0.15) is 0 Å². The van der Waals surface area contributed by atoms with Crippen LogP contribution in [0.15, 0.2) is 36.4 Å². The first-order chi connectivity index (χ1) is 16.8. The van der Waals surface area contributed by atoms with Crippen molar-refractivity contribution in [3.63, 3.8) is 0 Å².